The highest BCUT2D eigenvalue weighted by Gasteiger charge is 2.30. The molecule has 0 bridgehead atoms. The van der Waals surface area contributed by atoms with E-state index < -0.39 is 17.7 Å². The van der Waals surface area contributed by atoms with Crippen LogP contribution in [0.5, 0.6) is 5.75 Å². The van der Waals surface area contributed by atoms with E-state index in [9.17, 15) is 19.5 Å². The van der Waals surface area contributed by atoms with Crippen LogP contribution in [0.1, 0.15) is 33.6 Å². The van der Waals surface area contributed by atoms with E-state index in [1.165, 1.54) is 18.2 Å². The minimum absolute atomic E-state index is 0.0470. The van der Waals surface area contributed by atoms with E-state index in [0.29, 0.717) is 24.9 Å². The zero-order chi connectivity index (χ0) is 22.7. The molecule has 32 heavy (non-hydrogen) atoms. The lowest BCUT2D eigenvalue weighted by atomic mass is 9.96. The van der Waals surface area contributed by atoms with Crippen molar-refractivity contribution in [2.75, 3.05) is 13.1 Å². The molecule has 0 aliphatic carbocycles. The third kappa shape index (κ3) is 4.53. The molecular formula is C24H22ClN3O4. The summed E-state index contributed by atoms with van der Waals surface area (Å²) in [5.74, 6) is -1.90. The first-order valence-electron chi connectivity index (χ1n) is 10.3. The van der Waals surface area contributed by atoms with Crippen LogP contribution >= 0.6 is 11.6 Å². The fraction of sp³-hybridized carbons (Fsp3) is 0.208. The van der Waals surface area contributed by atoms with Crippen LogP contribution in [0, 0.1) is 5.92 Å². The smallest absolute Gasteiger partial charge is 0.273 e. The van der Waals surface area contributed by atoms with Crippen LogP contribution in [0.3, 0.4) is 0 Å². The maximum absolute atomic E-state index is 13.2. The summed E-state index contributed by atoms with van der Waals surface area (Å²) in [5.41, 5.74) is 5.26. The Morgan fingerprint density at radius 1 is 0.969 bits per heavy atom. The van der Waals surface area contributed by atoms with E-state index in [-0.39, 0.29) is 28.8 Å². The molecule has 164 valence electrons. The van der Waals surface area contributed by atoms with Crippen molar-refractivity contribution in [1.82, 2.24) is 15.8 Å². The number of likely N-dealkylation sites (tertiary alicyclic amines) is 1. The molecule has 0 radical (unpaired) electrons. The summed E-state index contributed by atoms with van der Waals surface area (Å²) in [6.45, 7) is 0.820. The number of benzene rings is 3. The number of piperidine rings is 1. The van der Waals surface area contributed by atoms with Crippen LogP contribution in [0.2, 0.25) is 5.02 Å². The number of aromatic hydroxyl groups is 1. The van der Waals surface area contributed by atoms with Crippen molar-refractivity contribution in [1.29, 1.82) is 0 Å². The molecular weight excluding hydrogens is 430 g/mol. The van der Waals surface area contributed by atoms with E-state index in [2.05, 4.69) is 10.9 Å². The maximum Gasteiger partial charge on any atom is 0.273 e. The monoisotopic (exact) mass is 451 g/mol. The lowest BCUT2D eigenvalue weighted by Gasteiger charge is -2.32. The van der Waals surface area contributed by atoms with Gasteiger partial charge in [0.05, 0.1) is 11.5 Å². The first-order valence-corrected chi connectivity index (χ1v) is 10.7. The van der Waals surface area contributed by atoms with Crippen LogP contribution in [0.4, 0.5) is 0 Å². The van der Waals surface area contributed by atoms with Crippen molar-refractivity contribution in [3.8, 4) is 5.75 Å². The summed E-state index contributed by atoms with van der Waals surface area (Å²) < 4.78 is 0. The van der Waals surface area contributed by atoms with Crippen molar-refractivity contribution in [3.05, 3.63) is 76.8 Å². The molecule has 4 rings (SSSR count). The summed E-state index contributed by atoms with van der Waals surface area (Å²) in [6.07, 6.45) is 1.28. The molecule has 3 aromatic carbocycles. The lowest BCUT2D eigenvalue weighted by Crippen LogP contribution is -2.50. The van der Waals surface area contributed by atoms with Gasteiger partial charge in [-0.15, -0.1) is 0 Å². The average Bonchev–Trinajstić information content (AvgIpc) is 2.83. The van der Waals surface area contributed by atoms with Gasteiger partial charge in [-0.3, -0.25) is 25.2 Å². The van der Waals surface area contributed by atoms with E-state index in [1.54, 1.807) is 11.0 Å². The van der Waals surface area contributed by atoms with Gasteiger partial charge in [0.2, 0.25) is 5.91 Å². The van der Waals surface area contributed by atoms with E-state index >= 15 is 0 Å². The SMILES string of the molecule is O=C(NNC(=O)C1CCCN(C(=O)c2cccc3ccccc23)C1)c1cc(Cl)ccc1O. The van der Waals surface area contributed by atoms with Crippen molar-refractivity contribution in [2.24, 2.45) is 5.92 Å². The fourth-order valence-electron chi connectivity index (χ4n) is 3.94. The van der Waals surface area contributed by atoms with Crippen LogP contribution in [0.15, 0.2) is 60.7 Å². The topological polar surface area (TPSA) is 98.7 Å². The van der Waals surface area contributed by atoms with Gasteiger partial charge in [-0.2, -0.15) is 0 Å². The Labute approximate surface area is 189 Å². The largest absolute Gasteiger partial charge is 0.507 e. The molecule has 3 aromatic rings. The number of carbonyl (C=O) groups excluding carboxylic acids is 3. The van der Waals surface area contributed by atoms with Gasteiger partial charge in [0.15, 0.2) is 0 Å². The normalized spacial score (nSPS) is 15.9. The molecule has 1 saturated heterocycles. The number of nitrogens with one attached hydrogen (secondary N) is 2. The first kappa shape index (κ1) is 21.6. The zero-order valence-electron chi connectivity index (χ0n) is 17.2. The summed E-state index contributed by atoms with van der Waals surface area (Å²) in [4.78, 5) is 39.8. The van der Waals surface area contributed by atoms with Gasteiger partial charge in [-0.1, -0.05) is 48.0 Å². The highest BCUT2D eigenvalue weighted by molar-refractivity contribution is 6.31. The number of phenolic OH excluding ortho intramolecular Hbond substituents is 1. The second-order valence-corrected chi connectivity index (χ2v) is 8.16. The van der Waals surface area contributed by atoms with Crippen LogP contribution in [0.25, 0.3) is 10.8 Å². The molecule has 0 saturated carbocycles. The number of fused-ring (bicyclic) bond motifs is 1. The molecule has 8 heteroatoms. The predicted molar refractivity (Wildman–Crippen MR) is 121 cm³/mol. The average molecular weight is 452 g/mol. The van der Waals surface area contributed by atoms with Gasteiger partial charge in [0.25, 0.3) is 11.8 Å². The van der Waals surface area contributed by atoms with Crippen molar-refractivity contribution < 1.29 is 19.5 Å². The number of nitrogens with zero attached hydrogens (tertiary/aromatic N) is 1. The minimum Gasteiger partial charge on any atom is -0.507 e. The van der Waals surface area contributed by atoms with Gasteiger partial charge in [0.1, 0.15) is 5.75 Å². The van der Waals surface area contributed by atoms with Crippen molar-refractivity contribution in [3.63, 3.8) is 0 Å². The Morgan fingerprint density at radius 2 is 1.75 bits per heavy atom. The Bertz CT molecular complexity index is 1190. The Hall–Kier alpha value is -3.58. The number of amides is 3. The molecule has 1 heterocycles. The summed E-state index contributed by atoms with van der Waals surface area (Å²) in [5, 5.41) is 12.0. The molecule has 1 aliphatic rings. The van der Waals surface area contributed by atoms with Gasteiger partial charge in [-0.25, -0.2) is 0 Å². The first-order chi connectivity index (χ1) is 15.4. The fourth-order valence-corrected chi connectivity index (χ4v) is 4.11. The predicted octanol–water partition coefficient (Wildman–Crippen LogP) is 3.51. The number of rotatable bonds is 3. The number of halogens is 1. The number of phenols is 1. The third-order valence-corrected chi connectivity index (χ3v) is 5.84. The van der Waals surface area contributed by atoms with Crippen LogP contribution in [-0.2, 0) is 4.79 Å². The minimum atomic E-state index is -0.683. The van der Waals surface area contributed by atoms with E-state index in [4.69, 9.17) is 11.6 Å². The Kier molecular flexibility index (Phi) is 6.28. The van der Waals surface area contributed by atoms with Crippen molar-refractivity contribution >= 4 is 40.1 Å². The molecule has 3 amide bonds. The second-order valence-electron chi connectivity index (χ2n) is 7.72. The molecule has 1 unspecified atom stereocenters. The Morgan fingerprint density at radius 3 is 2.59 bits per heavy atom. The van der Waals surface area contributed by atoms with Gasteiger partial charge in [-0.05, 0) is 47.9 Å². The van der Waals surface area contributed by atoms with Crippen molar-refractivity contribution in [2.45, 2.75) is 12.8 Å². The van der Waals surface area contributed by atoms with Gasteiger partial charge in [0, 0.05) is 23.7 Å². The number of carbonyl (C=O) groups is 3. The zero-order valence-corrected chi connectivity index (χ0v) is 17.9. The maximum atomic E-state index is 13.2. The molecule has 3 N–H and O–H groups in total. The lowest BCUT2D eigenvalue weighted by molar-refractivity contribution is -0.127. The number of hydrogen-bond acceptors (Lipinski definition) is 4. The second kappa shape index (κ2) is 9.28. The highest BCUT2D eigenvalue weighted by atomic mass is 35.5. The summed E-state index contributed by atoms with van der Waals surface area (Å²) >= 11 is 5.86. The molecule has 0 aromatic heterocycles. The van der Waals surface area contributed by atoms with Crippen LogP contribution in [-0.4, -0.2) is 40.8 Å². The number of hydrazine groups is 1. The third-order valence-electron chi connectivity index (χ3n) is 5.60. The van der Waals surface area contributed by atoms with Gasteiger partial charge >= 0.3 is 0 Å². The molecule has 1 fully saturated rings. The quantitative estimate of drug-likeness (QED) is 0.530. The van der Waals surface area contributed by atoms with Gasteiger partial charge < -0.3 is 10.0 Å². The molecule has 0 spiro atoms. The molecule has 7 nitrogen and oxygen atoms in total. The number of hydrogen-bond donors (Lipinski definition) is 3. The highest BCUT2D eigenvalue weighted by Crippen LogP contribution is 2.24. The Balaban J connectivity index is 1.41. The standard InChI is InChI=1S/C24H22ClN3O4/c25-17-10-11-21(29)20(13-17)23(31)27-26-22(30)16-7-4-12-28(14-16)24(32)19-9-3-6-15-5-1-2-8-18(15)19/h1-3,5-6,8-11,13,16,29H,4,7,12,14H2,(H,26,30)(H,27,31). The molecule has 1 atom stereocenters. The van der Waals surface area contributed by atoms with E-state index in [1.807, 2.05) is 36.4 Å². The van der Waals surface area contributed by atoms with E-state index in [0.717, 1.165) is 10.8 Å². The summed E-state index contributed by atoms with van der Waals surface area (Å²) in [7, 11) is 0. The summed E-state index contributed by atoms with van der Waals surface area (Å²) in [6, 6.07) is 17.4. The van der Waals surface area contributed by atoms with Crippen LogP contribution < -0.4 is 10.9 Å². The molecule has 1 aliphatic heterocycles.